The molecule has 0 bridgehead atoms. The molecule has 1 aromatic carbocycles. The molecular formula is C15H18BrNO. The lowest BCUT2D eigenvalue weighted by molar-refractivity contribution is 0.0988. The van der Waals surface area contributed by atoms with Crippen LogP contribution in [0.15, 0.2) is 36.4 Å². The SMILES string of the molecule is Cc1cccc(C(=O)CNC2C=CC(Br)CC2)c1. The highest BCUT2D eigenvalue weighted by Gasteiger charge is 2.14. The van der Waals surface area contributed by atoms with Crippen LogP contribution in [0.5, 0.6) is 0 Å². The fourth-order valence-corrected chi connectivity index (χ4v) is 2.54. The number of nitrogens with one attached hydrogen (secondary N) is 1. The van der Waals surface area contributed by atoms with Crippen molar-refractivity contribution in [1.29, 1.82) is 0 Å². The minimum atomic E-state index is 0.160. The Bertz CT molecular complexity index is 456. The van der Waals surface area contributed by atoms with Gasteiger partial charge in [-0.25, -0.2) is 0 Å². The summed E-state index contributed by atoms with van der Waals surface area (Å²) in [5, 5.41) is 3.30. The van der Waals surface area contributed by atoms with E-state index in [-0.39, 0.29) is 5.78 Å². The molecule has 96 valence electrons. The van der Waals surface area contributed by atoms with Crippen molar-refractivity contribution in [2.75, 3.05) is 6.54 Å². The largest absolute Gasteiger partial charge is 0.303 e. The maximum atomic E-state index is 12.0. The minimum Gasteiger partial charge on any atom is -0.303 e. The Hall–Kier alpha value is -0.930. The van der Waals surface area contributed by atoms with Crippen LogP contribution in [0.1, 0.15) is 28.8 Å². The Balaban J connectivity index is 1.87. The first-order chi connectivity index (χ1) is 8.65. The Kier molecular flexibility index (Phi) is 4.72. The predicted molar refractivity (Wildman–Crippen MR) is 78.4 cm³/mol. The predicted octanol–water partition coefficient (Wildman–Crippen LogP) is 3.25. The molecule has 0 heterocycles. The van der Waals surface area contributed by atoms with Crippen molar-refractivity contribution in [1.82, 2.24) is 5.32 Å². The number of halogens is 1. The van der Waals surface area contributed by atoms with Gasteiger partial charge in [0.15, 0.2) is 5.78 Å². The third-order valence-electron chi connectivity index (χ3n) is 3.17. The smallest absolute Gasteiger partial charge is 0.176 e. The van der Waals surface area contributed by atoms with Gasteiger partial charge in [0.2, 0.25) is 0 Å². The van der Waals surface area contributed by atoms with Crippen molar-refractivity contribution < 1.29 is 4.79 Å². The molecule has 0 amide bonds. The monoisotopic (exact) mass is 307 g/mol. The second-order valence-corrected chi connectivity index (χ2v) is 5.93. The Morgan fingerprint density at radius 2 is 2.22 bits per heavy atom. The number of hydrogen-bond acceptors (Lipinski definition) is 2. The van der Waals surface area contributed by atoms with E-state index in [9.17, 15) is 4.79 Å². The third kappa shape index (κ3) is 3.79. The van der Waals surface area contributed by atoms with Gasteiger partial charge in [0.1, 0.15) is 0 Å². The number of allylic oxidation sites excluding steroid dienone is 1. The van der Waals surface area contributed by atoms with Crippen molar-refractivity contribution in [3.05, 3.63) is 47.5 Å². The minimum absolute atomic E-state index is 0.160. The second kappa shape index (κ2) is 6.30. The normalized spacial score (nSPS) is 23.0. The van der Waals surface area contributed by atoms with Crippen LogP contribution in [0.3, 0.4) is 0 Å². The fourth-order valence-electron chi connectivity index (χ4n) is 2.10. The van der Waals surface area contributed by atoms with E-state index in [2.05, 4.69) is 33.4 Å². The third-order valence-corrected chi connectivity index (χ3v) is 3.93. The van der Waals surface area contributed by atoms with E-state index in [0.717, 1.165) is 24.0 Å². The van der Waals surface area contributed by atoms with Gasteiger partial charge in [-0.3, -0.25) is 4.79 Å². The average molecular weight is 308 g/mol. The Morgan fingerprint density at radius 3 is 2.89 bits per heavy atom. The lowest BCUT2D eigenvalue weighted by Gasteiger charge is -2.20. The van der Waals surface area contributed by atoms with Crippen LogP contribution in [-0.4, -0.2) is 23.2 Å². The molecule has 2 atom stereocenters. The first kappa shape index (κ1) is 13.5. The average Bonchev–Trinajstić information content (AvgIpc) is 2.38. The fraction of sp³-hybridized carbons (Fsp3) is 0.400. The second-order valence-electron chi connectivity index (χ2n) is 4.76. The van der Waals surface area contributed by atoms with Gasteiger partial charge in [0, 0.05) is 16.4 Å². The topological polar surface area (TPSA) is 29.1 Å². The zero-order chi connectivity index (χ0) is 13.0. The van der Waals surface area contributed by atoms with Crippen LogP contribution in [-0.2, 0) is 0 Å². The molecule has 3 heteroatoms. The molecule has 1 aliphatic rings. The summed E-state index contributed by atoms with van der Waals surface area (Å²) in [7, 11) is 0. The molecule has 0 aromatic heterocycles. The lowest BCUT2D eigenvalue weighted by Crippen LogP contribution is -2.34. The van der Waals surface area contributed by atoms with Gasteiger partial charge in [-0.15, -0.1) is 0 Å². The molecule has 0 radical (unpaired) electrons. The van der Waals surface area contributed by atoms with Gasteiger partial charge >= 0.3 is 0 Å². The van der Waals surface area contributed by atoms with E-state index in [1.165, 1.54) is 0 Å². The molecule has 2 unspecified atom stereocenters. The summed E-state index contributed by atoms with van der Waals surface area (Å²) in [6, 6.07) is 8.08. The van der Waals surface area contributed by atoms with E-state index in [0.29, 0.717) is 17.4 Å². The van der Waals surface area contributed by atoms with Crippen LogP contribution in [0.4, 0.5) is 0 Å². The number of hydrogen-bond donors (Lipinski definition) is 1. The molecule has 1 N–H and O–H groups in total. The summed E-state index contributed by atoms with van der Waals surface area (Å²) in [5.74, 6) is 0.160. The molecule has 1 aliphatic carbocycles. The summed E-state index contributed by atoms with van der Waals surface area (Å²) in [6.45, 7) is 2.41. The highest BCUT2D eigenvalue weighted by Crippen LogP contribution is 2.17. The summed E-state index contributed by atoms with van der Waals surface area (Å²) in [6.07, 6.45) is 6.49. The Morgan fingerprint density at radius 1 is 1.39 bits per heavy atom. The number of ketones is 1. The van der Waals surface area contributed by atoms with Crippen LogP contribution in [0.2, 0.25) is 0 Å². The number of Topliss-reactive ketones (excluding diaryl/α,β-unsaturated/α-hetero) is 1. The highest BCUT2D eigenvalue weighted by atomic mass is 79.9. The Labute approximate surface area is 117 Å². The van der Waals surface area contributed by atoms with Crippen molar-refractivity contribution in [2.24, 2.45) is 0 Å². The van der Waals surface area contributed by atoms with Crippen LogP contribution >= 0.6 is 15.9 Å². The lowest BCUT2D eigenvalue weighted by atomic mass is 10.0. The van der Waals surface area contributed by atoms with Crippen molar-refractivity contribution >= 4 is 21.7 Å². The number of aryl methyl sites for hydroxylation is 1. The zero-order valence-corrected chi connectivity index (χ0v) is 12.1. The van der Waals surface area contributed by atoms with Crippen molar-refractivity contribution in [3.63, 3.8) is 0 Å². The van der Waals surface area contributed by atoms with E-state index in [4.69, 9.17) is 0 Å². The maximum Gasteiger partial charge on any atom is 0.176 e. The number of alkyl halides is 1. The summed E-state index contributed by atoms with van der Waals surface area (Å²) >= 11 is 3.56. The van der Waals surface area contributed by atoms with Gasteiger partial charge < -0.3 is 5.32 Å². The van der Waals surface area contributed by atoms with E-state index in [1.54, 1.807) is 0 Å². The van der Waals surface area contributed by atoms with Crippen LogP contribution in [0, 0.1) is 6.92 Å². The molecular weight excluding hydrogens is 290 g/mol. The first-order valence-corrected chi connectivity index (χ1v) is 7.22. The van der Waals surface area contributed by atoms with E-state index >= 15 is 0 Å². The highest BCUT2D eigenvalue weighted by molar-refractivity contribution is 9.09. The first-order valence-electron chi connectivity index (χ1n) is 6.31. The molecule has 0 saturated heterocycles. The molecule has 0 aliphatic heterocycles. The number of carbonyl (C=O) groups is 1. The van der Waals surface area contributed by atoms with Crippen LogP contribution in [0.25, 0.3) is 0 Å². The van der Waals surface area contributed by atoms with Crippen molar-refractivity contribution in [3.8, 4) is 0 Å². The van der Waals surface area contributed by atoms with Crippen molar-refractivity contribution in [2.45, 2.75) is 30.6 Å². The molecule has 2 nitrogen and oxygen atoms in total. The van der Waals surface area contributed by atoms with Gasteiger partial charge in [0.05, 0.1) is 6.54 Å². The molecule has 2 rings (SSSR count). The zero-order valence-electron chi connectivity index (χ0n) is 10.5. The number of benzene rings is 1. The van der Waals surface area contributed by atoms with Gasteiger partial charge in [-0.2, -0.15) is 0 Å². The van der Waals surface area contributed by atoms with Gasteiger partial charge in [0.25, 0.3) is 0 Å². The molecule has 0 saturated carbocycles. The quantitative estimate of drug-likeness (QED) is 0.525. The summed E-state index contributed by atoms with van der Waals surface area (Å²) in [5.41, 5.74) is 1.92. The van der Waals surface area contributed by atoms with Gasteiger partial charge in [-0.1, -0.05) is 51.8 Å². The van der Waals surface area contributed by atoms with E-state index in [1.807, 2.05) is 31.2 Å². The maximum absolute atomic E-state index is 12.0. The molecule has 1 aromatic rings. The number of carbonyl (C=O) groups excluding carboxylic acids is 1. The summed E-state index contributed by atoms with van der Waals surface area (Å²) < 4.78 is 0. The number of rotatable bonds is 4. The molecule has 0 fully saturated rings. The van der Waals surface area contributed by atoms with Gasteiger partial charge in [-0.05, 0) is 25.8 Å². The standard InChI is InChI=1S/C15H18BrNO/c1-11-3-2-4-12(9-11)15(18)10-17-14-7-5-13(16)6-8-14/h2-5,7,9,13-14,17H,6,8,10H2,1H3. The van der Waals surface area contributed by atoms with E-state index < -0.39 is 0 Å². The summed E-state index contributed by atoms with van der Waals surface area (Å²) in [4.78, 5) is 12.5. The molecule has 18 heavy (non-hydrogen) atoms. The molecule has 0 spiro atoms. The van der Waals surface area contributed by atoms with Crippen LogP contribution < -0.4 is 5.32 Å².